The molecule has 0 bridgehead atoms. The van der Waals surface area contributed by atoms with Gasteiger partial charge in [-0.25, -0.2) is 13.2 Å². The average Bonchev–Trinajstić information content (AvgIpc) is 2.27. The van der Waals surface area contributed by atoms with Crippen molar-refractivity contribution >= 4 is 53.2 Å². The zero-order chi connectivity index (χ0) is 10.9. The molecule has 1 heterocycles. The number of hydrogen-bond donors (Lipinski definition) is 1. The van der Waals surface area contributed by atoms with Crippen LogP contribution in [0.2, 0.25) is 0 Å². The molecule has 0 aromatic carbocycles. The zero-order valence-corrected chi connectivity index (χ0v) is 10.2. The summed E-state index contributed by atoms with van der Waals surface area (Å²) < 4.78 is 26.2. The lowest BCUT2D eigenvalue weighted by Gasteiger charge is -1.90. The zero-order valence-electron chi connectivity index (χ0n) is 6.23. The monoisotopic (exact) mass is 320 g/mol. The van der Waals surface area contributed by atoms with Gasteiger partial charge >= 0.3 is 6.16 Å². The molecule has 0 radical (unpaired) electrons. The normalized spacial score (nSPS) is 11.3. The van der Waals surface area contributed by atoms with Crippen molar-refractivity contribution in [2.45, 2.75) is 4.90 Å². The van der Waals surface area contributed by atoms with E-state index in [2.05, 4.69) is 20.7 Å². The van der Waals surface area contributed by atoms with Gasteiger partial charge in [-0.2, -0.15) is 0 Å². The van der Waals surface area contributed by atoms with E-state index in [1.165, 1.54) is 0 Å². The van der Waals surface area contributed by atoms with Crippen LogP contribution in [0.4, 0.5) is 4.79 Å². The fraction of sp³-hybridized carbons (Fsp3) is 0. The Morgan fingerprint density at radius 1 is 1.64 bits per heavy atom. The van der Waals surface area contributed by atoms with Gasteiger partial charge in [0, 0.05) is 16.7 Å². The molecule has 1 N–H and O–H groups in total. The molecule has 0 aliphatic heterocycles. The highest BCUT2D eigenvalue weighted by molar-refractivity contribution is 9.11. The van der Waals surface area contributed by atoms with Crippen LogP contribution in [-0.2, 0) is 9.05 Å². The predicted octanol–water partition coefficient (Wildman–Crippen LogP) is 2.49. The lowest BCUT2D eigenvalue weighted by Crippen LogP contribution is -2.01. The number of halogens is 2. The third-order valence-electron chi connectivity index (χ3n) is 1.08. The lowest BCUT2D eigenvalue weighted by atomic mass is 10.6. The van der Waals surface area contributed by atoms with Crippen LogP contribution < -0.4 is 4.74 Å². The maximum atomic E-state index is 10.9. The van der Waals surface area contributed by atoms with Crippen LogP contribution in [0, 0.1) is 0 Å². The highest BCUT2D eigenvalue weighted by Gasteiger charge is 2.20. The van der Waals surface area contributed by atoms with Gasteiger partial charge in [0.1, 0.15) is 4.90 Å². The minimum atomic E-state index is -3.89. The van der Waals surface area contributed by atoms with Gasteiger partial charge in [-0.15, -0.1) is 0 Å². The van der Waals surface area contributed by atoms with Gasteiger partial charge in [0.25, 0.3) is 9.05 Å². The van der Waals surface area contributed by atoms with Gasteiger partial charge in [-0.3, -0.25) is 0 Å². The van der Waals surface area contributed by atoms with Crippen molar-refractivity contribution in [3.8, 4) is 5.06 Å². The van der Waals surface area contributed by atoms with Gasteiger partial charge in [-0.1, -0.05) is 11.3 Å². The molecule has 5 nitrogen and oxygen atoms in total. The van der Waals surface area contributed by atoms with Crippen LogP contribution in [0.15, 0.2) is 14.7 Å². The van der Waals surface area contributed by atoms with Crippen LogP contribution in [0.25, 0.3) is 0 Å². The third kappa shape index (κ3) is 2.84. The van der Waals surface area contributed by atoms with Crippen molar-refractivity contribution in [1.82, 2.24) is 0 Å². The molecular weight excluding hydrogens is 320 g/mol. The molecule has 0 atom stereocenters. The van der Waals surface area contributed by atoms with E-state index >= 15 is 0 Å². The van der Waals surface area contributed by atoms with Crippen molar-refractivity contribution in [3.05, 3.63) is 9.85 Å². The van der Waals surface area contributed by atoms with E-state index < -0.39 is 15.2 Å². The topological polar surface area (TPSA) is 80.7 Å². The minimum absolute atomic E-state index is 0.0661. The third-order valence-corrected chi connectivity index (χ3v) is 4.54. The van der Waals surface area contributed by atoms with Gasteiger partial charge in [0.15, 0.2) is 5.06 Å². The Balaban J connectivity index is 3.12. The summed E-state index contributed by atoms with van der Waals surface area (Å²) in [6.07, 6.45) is -1.52. The summed E-state index contributed by atoms with van der Waals surface area (Å²) in [7, 11) is 1.17. The van der Waals surface area contributed by atoms with Crippen LogP contribution in [0.1, 0.15) is 0 Å². The second-order valence-electron chi connectivity index (χ2n) is 2.01. The van der Waals surface area contributed by atoms with E-state index in [1.807, 2.05) is 0 Å². The maximum absolute atomic E-state index is 10.9. The van der Waals surface area contributed by atoms with Crippen molar-refractivity contribution in [3.63, 3.8) is 0 Å². The smallest absolute Gasteiger partial charge is 0.449 e. The van der Waals surface area contributed by atoms with E-state index in [4.69, 9.17) is 15.8 Å². The van der Waals surface area contributed by atoms with Crippen LogP contribution in [0.3, 0.4) is 0 Å². The van der Waals surface area contributed by atoms with E-state index in [0.717, 1.165) is 17.4 Å². The number of ether oxygens (including phenoxy) is 1. The fourth-order valence-electron chi connectivity index (χ4n) is 0.634. The molecule has 1 aromatic heterocycles. The second kappa shape index (κ2) is 4.05. The quantitative estimate of drug-likeness (QED) is 0.668. The molecule has 0 aliphatic rings. The maximum Gasteiger partial charge on any atom is 0.512 e. The number of thiophene rings is 1. The second-order valence-corrected chi connectivity index (χ2v) is 6.88. The van der Waals surface area contributed by atoms with E-state index in [-0.39, 0.29) is 13.7 Å². The number of rotatable bonds is 2. The first-order valence-electron chi connectivity index (χ1n) is 2.95. The molecule has 0 unspecified atom stereocenters. The minimum Gasteiger partial charge on any atom is -0.449 e. The lowest BCUT2D eigenvalue weighted by molar-refractivity contribution is 0.146. The van der Waals surface area contributed by atoms with E-state index in [9.17, 15) is 13.2 Å². The molecule has 14 heavy (non-hydrogen) atoms. The van der Waals surface area contributed by atoms with Gasteiger partial charge in [0.2, 0.25) is 0 Å². The fourth-order valence-corrected chi connectivity index (χ4v) is 4.24. The Morgan fingerprint density at radius 3 is 2.57 bits per heavy atom. The first-order valence-corrected chi connectivity index (χ1v) is 6.87. The van der Waals surface area contributed by atoms with E-state index in [0.29, 0.717) is 0 Å². The molecule has 1 aromatic rings. The molecule has 0 spiro atoms. The molecule has 0 fully saturated rings. The molecule has 1 rings (SSSR count). The highest BCUT2D eigenvalue weighted by Crippen LogP contribution is 2.38. The Kier molecular flexibility index (Phi) is 3.40. The molecule has 0 saturated carbocycles. The Bertz CT molecular complexity index is 464. The standard InChI is InChI=1S/C5H2BrClO5S2/c6-4-2(14(7,10)11)1-3(13-4)12-5(8)9/h1H,(H,8,9). The molecular formula is C5H2BrClO5S2. The summed E-state index contributed by atoms with van der Waals surface area (Å²) >= 11 is 3.74. The number of carbonyl (C=O) groups is 1. The van der Waals surface area contributed by atoms with Crippen LogP contribution in [-0.4, -0.2) is 19.7 Å². The molecule has 0 aliphatic carbocycles. The van der Waals surface area contributed by atoms with E-state index in [1.54, 1.807) is 0 Å². The van der Waals surface area contributed by atoms with Crippen LogP contribution in [0.5, 0.6) is 5.06 Å². The van der Waals surface area contributed by atoms with Crippen molar-refractivity contribution in [2.75, 3.05) is 0 Å². The predicted molar refractivity (Wildman–Crippen MR) is 53.7 cm³/mol. The summed E-state index contributed by atoms with van der Waals surface area (Å²) in [5.74, 6) is 0. The first kappa shape index (κ1) is 11.8. The average molecular weight is 322 g/mol. The largest absolute Gasteiger partial charge is 0.512 e. The summed E-state index contributed by atoms with van der Waals surface area (Å²) in [6.45, 7) is 0. The summed E-state index contributed by atoms with van der Waals surface area (Å²) in [5.41, 5.74) is 0. The number of carboxylic acid groups (broad SMARTS) is 1. The molecule has 9 heteroatoms. The van der Waals surface area contributed by atoms with Gasteiger partial charge in [-0.05, 0) is 15.9 Å². The molecule has 0 saturated heterocycles. The first-order chi connectivity index (χ1) is 6.30. The van der Waals surface area contributed by atoms with Gasteiger partial charge in [0.05, 0.1) is 3.79 Å². The molecule has 78 valence electrons. The van der Waals surface area contributed by atoms with Crippen LogP contribution >= 0.6 is 37.9 Å². The SMILES string of the molecule is O=C(O)Oc1cc(S(=O)(=O)Cl)c(Br)s1. The van der Waals surface area contributed by atoms with Gasteiger partial charge < -0.3 is 9.84 Å². The Labute approximate surface area is 95.8 Å². The Morgan fingerprint density at radius 2 is 2.21 bits per heavy atom. The number of hydrogen-bond acceptors (Lipinski definition) is 5. The summed E-state index contributed by atoms with van der Waals surface area (Å²) in [5, 5.41) is 8.19. The van der Waals surface area contributed by atoms with Crippen molar-refractivity contribution < 1.29 is 23.1 Å². The summed E-state index contributed by atoms with van der Waals surface area (Å²) in [6, 6.07) is 1.03. The van der Waals surface area contributed by atoms with Crippen molar-refractivity contribution in [1.29, 1.82) is 0 Å². The highest BCUT2D eigenvalue weighted by atomic mass is 79.9. The Hall–Kier alpha value is -0.310. The van der Waals surface area contributed by atoms with Crippen molar-refractivity contribution in [2.24, 2.45) is 0 Å². The summed E-state index contributed by atoms with van der Waals surface area (Å²) in [4.78, 5) is 9.92. The molecule has 0 amide bonds.